The highest BCUT2D eigenvalue weighted by Gasteiger charge is 2.07. The van der Waals surface area contributed by atoms with Gasteiger partial charge < -0.3 is 9.88 Å². The zero-order chi connectivity index (χ0) is 14.4. The van der Waals surface area contributed by atoms with E-state index >= 15 is 0 Å². The molecule has 0 aliphatic rings. The molecule has 0 fully saturated rings. The van der Waals surface area contributed by atoms with Crippen LogP contribution in [0.5, 0.6) is 0 Å². The molecule has 1 aromatic heterocycles. The van der Waals surface area contributed by atoms with Crippen LogP contribution in [-0.4, -0.2) is 27.8 Å². The molecule has 0 spiro atoms. The fourth-order valence-electron chi connectivity index (χ4n) is 1.81. The summed E-state index contributed by atoms with van der Waals surface area (Å²) in [5, 5.41) is 2.95. The molecule has 0 bridgehead atoms. The molecule has 2 aromatic rings. The Bertz CT molecular complexity index is 554. The Balaban J connectivity index is 1.75. The van der Waals surface area contributed by atoms with Gasteiger partial charge in [0, 0.05) is 29.9 Å². The van der Waals surface area contributed by atoms with Gasteiger partial charge in [-0.25, -0.2) is 4.98 Å². The van der Waals surface area contributed by atoms with Crippen molar-refractivity contribution in [3.8, 4) is 0 Å². The first kappa shape index (κ1) is 14.7. The molecule has 0 radical (unpaired) electrons. The van der Waals surface area contributed by atoms with Crippen LogP contribution in [0.4, 0.5) is 0 Å². The van der Waals surface area contributed by atoms with Gasteiger partial charge in [-0.3, -0.25) is 4.79 Å². The van der Waals surface area contributed by atoms with Crippen LogP contribution in [0, 0.1) is 6.92 Å². The summed E-state index contributed by atoms with van der Waals surface area (Å²) in [7, 11) is 0. The summed E-state index contributed by atoms with van der Waals surface area (Å²) in [5.74, 6) is 0.506. The summed E-state index contributed by atoms with van der Waals surface area (Å²) in [6.07, 6.45) is 5.41. The molecule has 0 saturated carbocycles. The van der Waals surface area contributed by atoms with Crippen LogP contribution in [-0.2, 0) is 4.79 Å². The maximum atomic E-state index is 11.8. The number of imidazole rings is 1. The lowest BCUT2D eigenvalue weighted by molar-refractivity contribution is -0.118. The highest BCUT2D eigenvalue weighted by atomic mass is 32.2. The SMILES string of the molecule is Cc1ccccc1SCC(=O)NC[C@H](C)n1ccnc1. The van der Waals surface area contributed by atoms with Crippen molar-refractivity contribution >= 4 is 17.7 Å². The van der Waals surface area contributed by atoms with Crippen LogP contribution in [0.3, 0.4) is 0 Å². The Labute approximate surface area is 123 Å². The van der Waals surface area contributed by atoms with E-state index in [0.29, 0.717) is 12.3 Å². The van der Waals surface area contributed by atoms with Crippen molar-refractivity contribution in [1.29, 1.82) is 0 Å². The Kier molecular flexibility index (Phi) is 5.24. The molecular formula is C15H19N3OS. The maximum Gasteiger partial charge on any atom is 0.230 e. The number of hydrogen-bond donors (Lipinski definition) is 1. The minimum absolute atomic E-state index is 0.0604. The van der Waals surface area contributed by atoms with Crippen LogP contribution < -0.4 is 5.32 Å². The van der Waals surface area contributed by atoms with Crippen LogP contribution in [0.2, 0.25) is 0 Å². The predicted molar refractivity (Wildman–Crippen MR) is 81.9 cm³/mol. The van der Waals surface area contributed by atoms with Crippen molar-refractivity contribution in [1.82, 2.24) is 14.9 Å². The third-order valence-corrected chi connectivity index (χ3v) is 4.26. The summed E-state index contributed by atoms with van der Waals surface area (Å²) >= 11 is 1.57. The van der Waals surface area contributed by atoms with Gasteiger partial charge in [0.25, 0.3) is 0 Å². The van der Waals surface area contributed by atoms with Gasteiger partial charge in [-0.05, 0) is 25.5 Å². The Morgan fingerprint density at radius 2 is 2.25 bits per heavy atom. The average Bonchev–Trinajstić information content (AvgIpc) is 2.98. The van der Waals surface area contributed by atoms with Crippen LogP contribution >= 0.6 is 11.8 Å². The largest absolute Gasteiger partial charge is 0.353 e. The number of aryl methyl sites for hydroxylation is 1. The fraction of sp³-hybridized carbons (Fsp3) is 0.333. The molecule has 5 heteroatoms. The number of thioether (sulfide) groups is 1. The molecule has 1 N–H and O–H groups in total. The molecular weight excluding hydrogens is 270 g/mol. The molecule has 1 atom stereocenters. The van der Waals surface area contributed by atoms with Gasteiger partial charge in [0.1, 0.15) is 0 Å². The Hall–Kier alpha value is -1.75. The molecule has 0 aliphatic heterocycles. The Morgan fingerprint density at radius 3 is 2.95 bits per heavy atom. The lowest BCUT2D eigenvalue weighted by Gasteiger charge is -2.14. The maximum absolute atomic E-state index is 11.8. The van der Waals surface area contributed by atoms with Crippen LogP contribution in [0.1, 0.15) is 18.5 Å². The van der Waals surface area contributed by atoms with E-state index in [9.17, 15) is 4.79 Å². The first-order valence-corrected chi connectivity index (χ1v) is 7.58. The molecule has 1 amide bonds. The number of benzene rings is 1. The predicted octanol–water partition coefficient (Wildman–Crippen LogP) is 2.66. The van der Waals surface area contributed by atoms with E-state index < -0.39 is 0 Å². The first-order valence-electron chi connectivity index (χ1n) is 6.59. The van der Waals surface area contributed by atoms with Crippen LogP contribution in [0.15, 0.2) is 47.9 Å². The molecule has 0 aliphatic carbocycles. The zero-order valence-corrected chi connectivity index (χ0v) is 12.6. The monoisotopic (exact) mass is 289 g/mol. The summed E-state index contributed by atoms with van der Waals surface area (Å²) in [6.45, 7) is 4.72. The van der Waals surface area contributed by atoms with E-state index in [0.717, 1.165) is 4.90 Å². The van der Waals surface area contributed by atoms with Gasteiger partial charge >= 0.3 is 0 Å². The number of rotatable bonds is 6. The molecule has 4 nitrogen and oxygen atoms in total. The third-order valence-electron chi connectivity index (χ3n) is 3.08. The molecule has 2 rings (SSSR count). The molecule has 1 aromatic carbocycles. The standard InChI is InChI=1S/C15H19N3OS/c1-12-5-3-4-6-14(12)20-10-15(19)17-9-13(2)18-8-7-16-11-18/h3-8,11,13H,9-10H2,1-2H3,(H,17,19)/t13-/m0/s1. The van der Waals surface area contributed by atoms with E-state index in [1.807, 2.05) is 29.0 Å². The first-order chi connectivity index (χ1) is 9.66. The highest BCUT2D eigenvalue weighted by molar-refractivity contribution is 8.00. The third kappa shape index (κ3) is 4.13. The lowest BCUT2D eigenvalue weighted by atomic mass is 10.2. The van der Waals surface area contributed by atoms with Crippen molar-refractivity contribution in [3.63, 3.8) is 0 Å². The summed E-state index contributed by atoms with van der Waals surface area (Å²) in [4.78, 5) is 17.0. The second-order valence-electron chi connectivity index (χ2n) is 4.72. The molecule has 106 valence electrons. The smallest absolute Gasteiger partial charge is 0.230 e. The van der Waals surface area contributed by atoms with Crippen molar-refractivity contribution in [2.45, 2.75) is 24.8 Å². The number of carbonyl (C=O) groups excluding carboxylic acids is 1. The fourth-order valence-corrected chi connectivity index (χ4v) is 2.67. The van der Waals surface area contributed by atoms with E-state index in [1.165, 1.54) is 5.56 Å². The number of nitrogens with one attached hydrogen (secondary N) is 1. The number of hydrogen-bond acceptors (Lipinski definition) is 3. The van der Waals surface area contributed by atoms with Gasteiger partial charge in [0.2, 0.25) is 5.91 Å². The highest BCUT2D eigenvalue weighted by Crippen LogP contribution is 2.21. The van der Waals surface area contributed by atoms with E-state index in [2.05, 4.69) is 30.2 Å². The van der Waals surface area contributed by atoms with Gasteiger partial charge in [-0.15, -0.1) is 11.8 Å². The van der Waals surface area contributed by atoms with Crippen molar-refractivity contribution in [2.24, 2.45) is 0 Å². The summed E-state index contributed by atoms with van der Waals surface area (Å²) in [5.41, 5.74) is 1.21. The van der Waals surface area contributed by atoms with E-state index in [4.69, 9.17) is 0 Å². The summed E-state index contributed by atoms with van der Waals surface area (Å²) < 4.78 is 1.98. The zero-order valence-electron chi connectivity index (χ0n) is 11.7. The van der Waals surface area contributed by atoms with E-state index in [-0.39, 0.29) is 11.9 Å². The quantitative estimate of drug-likeness (QED) is 0.832. The number of aromatic nitrogens is 2. The minimum Gasteiger partial charge on any atom is -0.353 e. The summed E-state index contributed by atoms with van der Waals surface area (Å²) in [6, 6.07) is 8.31. The topological polar surface area (TPSA) is 46.9 Å². The van der Waals surface area contributed by atoms with E-state index in [1.54, 1.807) is 24.3 Å². The number of amides is 1. The Morgan fingerprint density at radius 1 is 1.45 bits per heavy atom. The van der Waals surface area contributed by atoms with Crippen LogP contribution in [0.25, 0.3) is 0 Å². The molecule has 0 unspecified atom stereocenters. The molecule has 0 saturated heterocycles. The number of nitrogens with zero attached hydrogens (tertiary/aromatic N) is 2. The van der Waals surface area contributed by atoms with Gasteiger partial charge in [-0.1, -0.05) is 18.2 Å². The lowest BCUT2D eigenvalue weighted by Crippen LogP contribution is -2.30. The minimum atomic E-state index is 0.0604. The second-order valence-corrected chi connectivity index (χ2v) is 5.73. The van der Waals surface area contributed by atoms with Gasteiger partial charge in [0.05, 0.1) is 12.1 Å². The van der Waals surface area contributed by atoms with Gasteiger partial charge in [0.15, 0.2) is 0 Å². The van der Waals surface area contributed by atoms with Crippen molar-refractivity contribution in [3.05, 3.63) is 48.5 Å². The molecule has 20 heavy (non-hydrogen) atoms. The molecule has 1 heterocycles. The number of carbonyl (C=O) groups is 1. The second kappa shape index (κ2) is 7.14. The van der Waals surface area contributed by atoms with Gasteiger partial charge in [-0.2, -0.15) is 0 Å². The van der Waals surface area contributed by atoms with Crippen molar-refractivity contribution in [2.75, 3.05) is 12.3 Å². The normalized spacial score (nSPS) is 12.1. The van der Waals surface area contributed by atoms with Crippen molar-refractivity contribution < 1.29 is 4.79 Å². The average molecular weight is 289 g/mol.